The SMILES string of the molecule is O=S(=O)(Nc1cnc(N2CCCCC2)nc1)c1ccc(-n2cccn2)cc1. The maximum atomic E-state index is 12.6. The van der Waals surface area contributed by atoms with Gasteiger partial charge in [0.05, 0.1) is 28.7 Å². The Morgan fingerprint density at radius 3 is 2.30 bits per heavy atom. The minimum atomic E-state index is -3.71. The molecule has 1 aromatic carbocycles. The van der Waals surface area contributed by atoms with Crippen molar-refractivity contribution in [3.8, 4) is 5.69 Å². The number of sulfonamides is 1. The van der Waals surface area contributed by atoms with Gasteiger partial charge in [-0.1, -0.05) is 0 Å². The molecular weight excluding hydrogens is 364 g/mol. The summed E-state index contributed by atoms with van der Waals surface area (Å²) >= 11 is 0. The van der Waals surface area contributed by atoms with Gasteiger partial charge in [-0.05, 0) is 49.6 Å². The molecule has 0 bridgehead atoms. The smallest absolute Gasteiger partial charge is 0.261 e. The molecule has 3 heterocycles. The number of benzene rings is 1. The highest BCUT2D eigenvalue weighted by Gasteiger charge is 2.16. The maximum Gasteiger partial charge on any atom is 0.261 e. The summed E-state index contributed by atoms with van der Waals surface area (Å²) in [6.45, 7) is 1.88. The molecule has 0 atom stereocenters. The number of hydrogen-bond acceptors (Lipinski definition) is 6. The summed E-state index contributed by atoms with van der Waals surface area (Å²) in [4.78, 5) is 10.9. The van der Waals surface area contributed by atoms with Gasteiger partial charge in [0.1, 0.15) is 0 Å². The first-order valence-electron chi connectivity index (χ1n) is 8.82. The molecule has 1 aliphatic rings. The van der Waals surface area contributed by atoms with Gasteiger partial charge in [0.15, 0.2) is 0 Å². The van der Waals surface area contributed by atoms with Crippen LogP contribution in [0.5, 0.6) is 0 Å². The molecule has 0 radical (unpaired) electrons. The second kappa shape index (κ2) is 7.36. The fourth-order valence-electron chi connectivity index (χ4n) is 3.04. The quantitative estimate of drug-likeness (QED) is 0.726. The van der Waals surface area contributed by atoms with E-state index in [1.807, 2.05) is 0 Å². The van der Waals surface area contributed by atoms with Crippen LogP contribution in [0, 0.1) is 0 Å². The van der Waals surface area contributed by atoms with Gasteiger partial charge in [-0.2, -0.15) is 5.10 Å². The van der Waals surface area contributed by atoms with E-state index in [0.717, 1.165) is 31.6 Å². The number of rotatable bonds is 5. The Kier molecular flexibility index (Phi) is 4.76. The van der Waals surface area contributed by atoms with Crippen molar-refractivity contribution in [1.82, 2.24) is 19.7 Å². The van der Waals surface area contributed by atoms with E-state index in [1.165, 1.54) is 18.8 Å². The summed E-state index contributed by atoms with van der Waals surface area (Å²) in [5, 5.41) is 4.12. The molecule has 0 unspecified atom stereocenters. The molecule has 9 heteroatoms. The van der Waals surface area contributed by atoms with Gasteiger partial charge in [0.25, 0.3) is 10.0 Å². The van der Waals surface area contributed by atoms with Crippen molar-refractivity contribution in [2.75, 3.05) is 22.7 Å². The van der Waals surface area contributed by atoms with E-state index in [-0.39, 0.29) is 4.90 Å². The third-order valence-electron chi connectivity index (χ3n) is 4.45. The number of hydrogen-bond donors (Lipinski definition) is 1. The van der Waals surface area contributed by atoms with E-state index in [9.17, 15) is 8.42 Å². The highest BCUT2D eigenvalue weighted by Crippen LogP contribution is 2.19. The van der Waals surface area contributed by atoms with Crippen LogP contribution in [0.4, 0.5) is 11.6 Å². The largest absolute Gasteiger partial charge is 0.341 e. The Morgan fingerprint density at radius 1 is 0.963 bits per heavy atom. The van der Waals surface area contributed by atoms with Gasteiger partial charge < -0.3 is 4.90 Å². The summed E-state index contributed by atoms with van der Waals surface area (Å²) in [6.07, 6.45) is 9.97. The average Bonchev–Trinajstić information content (AvgIpc) is 3.24. The van der Waals surface area contributed by atoms with Gasteiger partial charge in [0, 0.05) is 25.5 Å². The Morgan fingerprint density at radius 2 is 1.67 bits per heavy atom. The lowest BCUT2D eigenvalue weighted by atomic mass is 10.1. The predicted molar refractivity (Wildman–Crippen MR) is 102 cm³/mol. The van der Waals surface area contributed by atoms with Gasteiger partial charge in [-0.15, -0.1) is 0 Å². The van der Waals surface area contributed by atoms with Gasteiger partial charge in [-0.25, -0.2) is 23.1 Å². The Bertz CT molecular complexity index is 979. The van der Waals surface area contributed by atoms with E-state index in [2.05, 4.69) is 24.7 Å². The minimum absolute atomic E-state index is 0.165. The molecule has 1 N–H and O–H groups in total. The molecule has 0 aliphatic carbocycles. The Balaban J connectivity index is 1.47. The van der Waals surface area contributed by atoms with E-state index in [4.69, 9.17) is 0 Å². The van der Waals surface area contributed by atoms with E-state index in [1.54, 1.807) is 47.4 Å². The van der Waals surface area contributed by atoms with Crippen LogP contribution >= 0.6 is 0 Å². The van der Waals surface area contributed by atoms with Gasteiger partial charge in [0.2, 0.25) is 5.95 Å². The first-order chi connectivity index (χ1) is 13.1. The lowest BCUT2D eigenvalue weighted by Gasteiger charge is -2.26. The summed E-state index contributed by atoms with van der Waals surface area (Å²) in [5.74, 6) is 0.640. The first kappa shape index (κ1) is 17.5. The number of nitrogens with one attached hydrogen (secondary N) is 1. The molecule has 1 saturated heterocycles. The molecule has 140 valence electrons. The zero-order chi connectivity index (χ0) is 18.7. The third kappa shape index (κ3) is 3.92. The van der Waals surface area contributed by atoms with Gasteiger partial charge >= 0.3 is 0 Å². The standard InChI is InChI=1S/C18H20N6O2S/c25-27(26,17-7-5-16(6-8-17)24-12-4-9-21-24)22-15-13-19-18(20-14-15)23-10-2-1-3-11-23/h4-9,12-14,22H,1-3,10-11H2. The third-order valence-corrected chi connectivity index (χ3v) is 5.84. The predicted octanol–water partition coefficient (Wildman–Crippen LogP) is 2.45. The lowest BCUT2D eigenvalue weighted by molar-refractivity contribution is 0.568. The van der Waals surface area contributed by atoms with Crippen LogP contribution in [0.1, 0.15) is 19.3 Å². The molecule has 3 aromatic rings. The molecule has 1 aliphatic heterocycles. The van der Waals surface area contributed by atoms with E-state index < -0.39 is 10.0 Å². The number of aromatic nitrogens is 4. The fraction of sp³-hybridized carbons (Fsp3) is 0.278. The second-order valence-corrected chi connectivity index (χ2v) is 8.05. The van der Waals surface area contributed by atoms with Crippen LogP contribution in [0.25, 0.3) is 5.69 Å². The molecule has 0 saturated carbocycles. The molecule has 2 aromatic heterocycles. The van der Waals surface area contributed by atoms with E-state index >= 15 is 0 Å². The number of nitrogens with zero attached hydrogens (tertiary/aromatic N) is 5. The van der Waals surface area contributed by atoms with Crippen molar-refractivity contribution in [3.05, 3.63) is 55.1 Å². The summed E-state index contributed by atoms with van der Waals surface area (Å²) in [7, 11) is -3.71. The normalized spacial score (nSPS) is 14.9. The molecule has 0 spiro atoms. The molecule has 4 rings (SSSR count). The zero-order valence-electron chi connectivity index (χ0n) is 14.7. The van der Waals surface area contributed by atoms with Crippen LogP contribution < -0.4 is 9.62 Å². The van der Waals surface area contributed by atoms with Gasteiger partial charge in [-0.3, -0.25) is 4.72 Å². The molecule has 1 fully saturated rings. The Hall–Kier alpha value is -2.94. The highest BCUT2D eigenvalue weighted by atomic mass is 32.2. The minimum Gasteiger partial charge on any atom is -0.341 e. The maximum absolute atomic E-state index is 12.6. The van der Waals surface area contributed by atoms with Crippen molar-refractivity contribution in [2.24, 2.45) is 0 Å². The zero-order valence-corrected chi connectivity index (χ0v) is 15.5. The average molecular weight is 384 g/mol. The molecule has 8 nitrogen and oxygen atoms in total. The van der Waals surface area contributed by atoms with Crippen molar-refractivity contribution in [3.63, 3.8) is 0 Å². The van der Waals surface area contributed by atoms with Crippen LogP contribution in [-0.2, 0) is 10.0 Å². The molecule has 27 heavy (non-hydrogen) atoms. The fourth-order valence-corrected chi connectivity index (χ4v) is 4.07. The van der Waals surface area contributed by atoms with Crippen LogP contribution in [0.15, 0.2) is 60.0 Å². The molecular formula is C18H20N6O2S. The first-order valence-corrected chi connectivity index (χ1v) is 10.3. The van der Waals surface area contributed by atoms with Crippen LogP contribution in [0.3, 0.4) is 0 Å². The summed E-state index contributed by atoms with van der Waals surface area (Å²) in [6, 6.07) is 8.30. The van der Waals surface area contributed by atoms with Crippen LogP contribution in [0.2, 0.25) is 0 Å². The van der Waals surface area contributed by atoms with Crippen molar-refractivity contribution in [2.45, 2.75) is 24.2 Å². The highest BCUT2D eigenvalue weighted by molar-refractivity contribution is 7.92. The van der Waals surface area contributed by atoms with Crippen molar-refractivity contribution < 1.29 is 8.42 Å². The number of piperidine rings is 1. The summed E-state index contributed by atoms with van der Waals surface area (Å²) in [5.41, 5.74) is 1.13. The monoisotopic (exact) mass is 384 g/mol. The topological polar surface area (TPSA) is 93.0 Å². The van der Waals surface area contributed by atoms with Crippen molar-refractivity contribution in [1.29, 1.82) is 0 Å². The summed E-state index contributed by atoms with van der Waals surface area (Å²) < 4.78 is 29.4. The van der Waals surface area contributed by atoms with Crippen molar-refractivity contribution >= 4 is 21.7 Å². The van der Waals surface area contributed by atoms with E-state index in [0.29, 0.717) is 11.6 Å². The second-order valence-electron chi connectivity index (χ2n) is 6.37. The lowest BCUT2D eigenvalue weighted by Crippen LogP contribution is -2.30. The number of anilines is 2. The van der Waals surface area contributed by atoms with Crippen LogP contribution in [-0.4, -0.2) is 41.3 Å². The Labute approximate surface area is 157 Å². The molecule has 0 amide bonds.